The standard InChI is InChI=1S/C34H29NOS/c1-3-34(4-2)32-20-24(25-19-29(22-36)37-23-25)15-17-30(32)31-18-16-28(21-33(31)34)35(26-11-7-5-8-12-26)27-13-9-6-10-14-27/h5-23H,3-4H2,1-2H3. The van der Waals surface area contributed by atoms with Crippen LogP contribution in [-0.4, -0.2) is 6.29 Å². The molecule has 0 bridgehead atoms. The monoisotopic (exact) mass is 499 g/mol. The average Bonchev–Trinajstić information content (AvgIpc) is 3.55. The molecule has 3 heteroatoms. The van der Waals surface area contributed by atoms with Crippen molar-refractivity contribution in [3.63, 3.8) is 0 Å². The highest BCUT2D eigenvalue weighted by Gasteiger charge is 2.41. The summed E-state index contributed by atoms with van der Waals surface area (Å²) < 4.78 is 0. The topological polar surface area (TPSA) is 20.3 Å². The molecule has 1 heterocycles. The van der Waals surface area contributed by atoms with Gasteiger partial charge in [-0.3, -0.25) is 4.79 Å². The lowest BCUT2D eigenvalue weighted by Gasteiger charge is -2.32. The number of fused-ring (bicyclic) bond motifs is 3. The van der Waals surface area contributed by atoms with Gasteiger partial charge in [-0.2, -0.15) is 0 Å². The van der Waals surface area contributed by atoms with Crippen LogP contribution in [0.4, 0.5) is 17.1 Å². The van der Waals surface area contributed by atoms with Crippen molar-refractivity contribution < 1.29 is 4.79 Å². The van der Waals surface area contributed by atoms with Crippen LogP contribution in [0.2, 0.25) is 0 Å². The lowest BCUT2D eigenvalue weighted by atomic mass is 9.73. The maximum Gasteiger partial charge on any atom is 0.160 e. The normalized spacial score (nSPS) is 13.1. The van der Waals surface area contributed by atoms with Crippen molar-refractivity contribution in [1.82, 2.24) is 0 Å². The Morgan fingerprint density at radius 1 is 0.676 bits per heavy atom. The predicted octanol–water partition coefficient (Wildman–Crippen LogP) is 9.78. The first-order valence-electron chi connectivity index (χ1n) is 12.9. The van der Waals surface area contributed by atoms with Crippen molar-refractivity contribution in [3.05, 3.63) is 125 Å². The molecule has 0 radical (unpaired) electrons. The summed E-state index contributed by atoms with van der Waals surface area (Å²) >= 11 is 1.50. The van der Waals surface area contributed by atoms with Crippen molar-refractivity contribution >= 4 is 34.7 Å². The second kappa shape index (κ2) is 9.49. The van der Waals surface area contributed by atoms with Gasteiger partial charge in [-0.25, -0.2) is 0 Å². The molecule has 5 aromatic rings. The maximum absolute atomic E-state index is 11.3. The van der Waals surface area contributed by atoms with Crippen LogP contribution in [0, 0.1) is 0 Å². The Labute approximate surface area is 222 Å². The number of para-hydroxylation sites is 2. The molecule has 0 aliphatic heterocycles. The molecule has 0 saturated carbocycles. The summed E-state index contributed by atoms with van der Waals surface area (Å²) in [5.74, 6) is 0. The zero-order chi connectivity index (χ0) is 25.4. The zero-order valence-corrected chi connectivity index (χ0v) is 22.0. The molecular formula is C34H29NOS. The average molecular weight is 500 g/mol. The van der Waals surface area contributed by atoms with Crippen molar-refractivity contribution in [3.8, 4) is 22.3 Å². The summed E-state index contributed by atoms with van der Waals surface area (Å²) in [6, 6.07) is 37.0. The van der Waals surface area contributed by atoms with E-state index in [-0.39, 0.29) is 5.41 Å². The summed E-state index contributed by atoms with van der Waals surface area (Å²) in [6.45, 7) is 4.62. The molecule has 0 amide bonds. The highest BCUT2D eigenvalue weighted by molar-refractivity contribution is 7.12. The fourth-order valence-corrected chi connectivity index (χ4v) is 6.70. The smallest absolute Gasteiger partial charge is 0.160 e. The highest BCUT2D eigenvalue weighted by atomic mass is 32.1. The minimum atomic E-state index is -0.0563. The highest BCUT2D eigenvalue weighted by Crippen LogP contribution is 2.55. The van der Waals surface area contributed by atoms with Crippen LogP contribution in [-0.2, 0) is 5.41 Å². The second-order valence-corrected chi connectivity index (χ2v) is 10.6. The van der Waals surface area contributed by atoms with Crippen molar-refractivity contribution in [2.75, 3.05) is 4.90 Å². The van der Waals surface area contributed by atoms with Crippen molar-refractivity contribution in [2.24, 2.45) is 0 Å². The first kappa shape index (κ1) is 23.4. The van der Waals surface area contributed by atoms with Gasteiger partial charge in [0, 0.05) is 22.5 Å². The number of carbonyl (C=O) groups excluding carboxylic acids is 1. The Kier molecular flexibility index (Phi) is 6.02. The van der Waals surface area contributed by atoms with Gasteiger partial charge in [0.05, 0.1) is 4.88 Å². The van der Waals surface area contributed by atoms with E-state index in [0.717, 1.165) is 40.9 Å². The van der Waals surface area contributed by atoms with E-state index in [0.29, 0.717) is 0 Å². The number of thiophene rings is 1. The molecule has 0 atom stereocenters. The van der Waals surface area contributed by atoms with Crippen molar-refractivity contribution in [2.45, 2.75) is 32.1 Å². The van der Waals surface area contributed by atoms with Crippen LogP contribution in [0.25, 0.3) is 22.3 Å². The molecule has 37 heavy (non-hydrogen) atoms. The number of benzene rings is 4. The SMILES string of the molecule is CCC1(CC)c2cc(-c3csc(C=O)c3)ccc2-c2ccc(N(c3ccccc3)c3ccccc3)cc21. The largest absolute Gasteiger partial charge is 0.310 e. The van der Waals surface area contributed by atoms with Gasteiger partial charge < -0.3 is 4.90 Å². The van der Waals surface area contributed by atoms with Gasteiger partial charge in [0.2, 0.25) is 0 Å². The van der Waals surface area contributed by atoms with Gasteiger partial charge in [0.15, 0.2) is 6.29 Å². The van der Waals surface area contributed by atoms with Crippen LogP contribution in [0.1, 0.15) is 47.5 Å². The number of hydrogen-bond donors (Lipinski definition) is 0. The Bertz CT molecular complexity index is 1530. The number of nitrogens with zero attached hydrogens (tertiary/aromatic N) is 1. The molecule has 0 N–H and O–H groups in total. The summed E-state index contributed by atoms with van der Waals surface area (Å²) in [6.07, 6.45) is 2.99. The number of aldehydes is 1. The molecule has 0 saturated heterocycles. The van der Waals surface area contributed by atoms with Crippen LogP contribution < -0.4 is 4.90 Å². The Hall–Kier alpha value is -3.95. The minimum absolute atomic E-state index is 0.0563. The molecule has 182 valence electrons. The quantitative estimate of drug-likeness (QED) is 0.208. The summed E-state index contributed by atoms with van der Waals surface area (Å²) in [4.78, 5) is 14.4. The molecule has 1 aromatic heterocycles. The van der Waals surface area contributed by atoms with Crippen LogP contribution in [0.3, 0.4) is 0 Å². The van der Waals surface area contributed by atoms with E-state index in [2.05, 4.69) is 121 Å². The molecular weight excluding hydrogens is 470 g/mol. The lowest BCUT2D eigenvalue weighted by Crippen LogP contribution is -2.23. The van der Waals surface area contributed by atoms with E-state index >= 15 is 0 Å². The van der Waals surface area contributed by atoms with Crippen LogP contribution in [0.5, 0.6) is 0 Å². The summed E-state index contributed by atoms with van der Waals surface area (Å²) in [5, 5.41) is 2.09. The molecule has 6 rings (SSSR count). The number of carbonyl (C=O) groups is 1. The van der Waals surface area contributed by atoms with Crippen LogP contribution in [0.15, 0.2) is 109 Å². The summed E-state index contributed by atoms with van der Waals surface area (Å²) in [7, 11) is 0. The van der Waals surface area contributed by atoms with Crippen LogP contribution >= 0.6 is 11.3 Å². The minimum Gasteiger partial charge on any atom is -0.310 e. The third-order valence-corrected chi connectivity index (χ3v) is 8.77. The predicted molar refractivity (Wildman–Crippen MR) is 157 cm³/mol. The first-order valence-corrected chi connectivity index (χ1v) is 13.8. The Morgan fingerprint density at radius 3 is 1.84 bits per heavy atom. The first-order chi connectivity index (χ1) is 18.2. The zero-order valence-electron chi connectivity index (χ0n) is 21.1. The molecule has 0 spiro atoms. The number of hydrogen-bond acceptors (Lipinski definition) is 3. The lowest BCUT2D eigenvalue weighted by molar-refractivity contribution is 0.112. The fraction of sp³-hybridized carbons (Fsp3) is 0.147. The second-order valence-electron chi connectivity index (χ2n) is 9.64. The molecule has 4 aromatic carbocycles. The molecule has 0 unspecified atom stereocenters. The van der Waals surface area contributed by atoms with Gasteiger partial charge in [0.25, 0.3) is 0 Å². The third kappa shape index (κ3) is 3.82. The van der Waals surface area contributed by atoms with Gasteiger partial charge in [0.1, 0.15) is 0 Å². The molecule has 0 fully saturated rings. The fourth-order valence-electron chi connectivity index (χ4n) is 5.98. The van der Waals surface area contributed by atoms with E-state index in [4.69, 9.17) is 0 Å². The third-order valence-electron chi connectivity index (χ3n) is 7.91. The van der Waals surface area contributed by atoms with Gasteiger partial charge >= 0.3 is 0 Å². The van der Waals surface area contributed by atoms with E-state index in [1.165, 1.54) is 44.8 Å². The van der Waals surface area contributed by atoms with Gasteiger partial charge in [-0.05, 0) is 100 Å². The van der Waals surface area contributed by atoms with E-state index in [9.17, 15) is 4.79 Å². The Morgan fingerprint density at radius 2 is 1.27 bits per heavy atom. The van der Waals surface area contributed by atoms with Gasteiger partial charge in [-0.1, -0.05) is 68.4 Å². The van der Waals surface area contributed by atoms with Crippen molar-refractivity contribution in [1.29, 1.82) is 0 Å². The van der Waals surface area contributed by atoms with E-state index in [1.807, 2.05) is 6.07 Å². The van der Waals surface area contributed by atoms with E-state index in [1.54, 1.807) is 0 Å². The Balaban J connectivity index is 1.51. The summed E-state index contributed by atoms with van der Waals surface area (Å²) in [5.41, 5.74) is 11.2. The van der Waals surface area contributed by atoms with E-state index < -0.39 is 0 Å². The molecule has 1 aliphatic carbocycles. The molecule has 1 aliphatic rings. The van der Waals surface area contributed by atoms with Gasteiger partial charge in [-0.15, -0.1) is 11.3 Å². The maximum atomic E-state index is 11.3. The number of anilines is 3. The number of rotatable bonds is 7. The molecule has 2 nitrogen and oxygen atoms in total.